The van der Waals surface area contributed by atoms with Crippen molar-refractivity contribution in [3.63, 3.8) is 0 Å². The zero-order valence-electron chi connectivity index (χ0n) is 11.1. The molecule has 0 atom stereocenters. The quantitative estimate of drug-likeness (QED) is 0.848. The summed E-state index contributed by atoms with van der Waals surface area (Å²) in [6, 6.07) is 9.18. The number of primary amides is 1. The fraction of sp³-hybridized carbons (Fsp3) is 0.143. The highest BCUT2D eigenvalue weighted by molar-refractivity contribution is 9.10. The number of carbonyl (C=O) groups excluding carboxylic acids is 2. The Morgan fingerprint density at radius 1 is 1.19 bits per heavy atom. The number of nitrogens with zero attached hydrogens (tertiary/aromatic N) is 1. The molecule has 1 aromatic heterocycles. The lowest BCUT2D eigenvalue weighted by Crippen LogP contribution is -2.37. The standard InChI is InChI=1S/C14H14BrN3O2S/c15-10-3-1-9(2-4-10)7-18(8-12(17)19)14(20)13-11(16)5-6-21-13/h1-6H,7-8,16H2,(H2,17,19). The zero-order chi connectivity index (χ0) is 15.4. The molecule has 21 heavy (non-hydrogen) atoms. The Morgan fingerprint density at radius 3 is 2.38 bits per heavy atom. The first-order valence-electron chi connectivity index (χ1n) is 6.12. The highest BCUT2D eigenvalue weighted by Crippen LogP contribution is 2.22. The van der Waals surface area contributed by atoms with E-state index in [0.29, 0.717) is 17.1 Å². The fourth-order valence-corrected chi connectivity index (χ4v) is 2.88. The number of nitrogen functional groups attached to an aromatic ring is 1. The van der Waals surface area contributed by atoms with Gasteiger partial charge in [-0.2, -0.15) is 0 Å². The second kappa shape index (κ2) is 6.73. The maximum atomic E-state index is 12.5. The highest BCUT2D eigenvalue weighted by atomic mass is 79.9. The summed E-state index contributed by atoms with van der Waals surface area (Å²) in [4.78, 5) is 25.5. The van der Waals surface area contributed by atoms with E-state index < -0.39 is 5.91 Å². The van der Waals surface area contributed by atoms with Gasteiger partial charge in [0.2, 0.25) is 5.91 Å². The van der Waals surface area contributed by atoms with Crippen LogP contribution in [0, 0.1) is 0 Å². The Hall–Kier alpha value is -1.86. The van der Waals surface area contributed by atoms with Gasteiger partial charge in [-0.25, -0.2) is 0 Å². The van der Waals surface area contributed by atoms with Crippen molar-refractivity contribution >= 4 is 44.8 Å². The van der Waals surface area contributed by atoms with Crippen LogP contribution in [0.2, 0.25) is 0 Å². The van der Waals surface area contributed by atoms with Crippen molar-refractivity contribution in [2.24, 2.45) is 5.73 Å². The molecule has 1 heterocycles. The highest BCUT2D eigenvalue weighted by Gasteiger charge is 2.21. The van der Waals surface area contributed by atoms with Crippen molar-refractivity contribution in [1.29, 1.82) is 0 Å². The molecule has 0 spiro atoms. The van der Waals surface area contributed by atoms with E-state index in [-0.39, 0.29) is 12.5 Å². The third-order valence-electron chi connectivity index (χ3n) is 2.81. The normalized spacial score (nSPS) is 10.3. The smallest absolute Gasteiger partial charge is 0.266 e. The number of hydrogen-bond acceptors (Lipinski definition) is 4. The van der Waals surface area contributed by atoms with Crippen LogP contribution in [0.25, 0.3) is 0 Å². The Morgan fingerprint density at radius 2 is 1.86 bits per heavy atom. The molecular weight excluding hydrogens is 354 g/mol. The second-order valence-corrected chi connectivity index (χ2v) is 6.29. The summed E-state index contributed by atoms with van der Waals surface area (Å²) in [6.07, 6.45) is 0. The van der Waals surface area contributed by atoms with E-state index in [1.165, 1.54) is 16.2 Å². The van der Waals surface area contributed by atoms with Gasteiger partial charge in [0.15, 0.2) is 0 Å². The third-order valence-corrected chi connectivity index (χ3v) is 4.26. The van der Waals surface area contributed by atoms with Crippen molar-refractivity contribution in [3.8, 4) is 0 Å². The number of amides is 2. The van der Waals surface area contributed by atoms with E-state index in [2.05, 4.69) is 15.9 Å². The predicted octanol–water partition coefficient (Wildman–Crippen LogP) is 2.22. The van der Waals surface area contributed by atoms with Crippen LogP contribution in [0.1, 0.15) is 15.2 Å². The van der Waals surface area contributed by atoms with Crippen LogP contribution in [0.15, 0.2) is 40.2 Å². The first-order valence-corrected chi connectivity index (χ1v) is 7.79. The van der Waals surface area contributed by atoms with Crippen LogP contribution < -0.4 is 11.5 Å². The second-order valence-electron chi connectivity index (χ2n) is 4.46. The summed E-state index contributed by atoms with van der Waals surface area (Å²) in [6.45, 7) is 0.151. The monoisotopic (exact) mass is 367 g/mol. The number of carbonyl (C=O) groups is 2. The van der Waals surface area contributed by atoms with E-state index in [1.807, 2.05) is 24.3 Å². The van der Waals surface area contributed by atoms with E-state index >= 15 is 0 Å². The maximum Gasteiger partial charge on any atom is 0.266 e. The molecule has 0 fully saturated rings. The topological polar surface area (TPSA) is 89.4 Å². The molecule has 1 aromatic carbocycles. The summed E-state index contributed by atoms with van der Waals surface area (Å²) in [5.74, 6) is -0.847. The molecular formula is C14H14BrN3O2S. The van der Waals surface area contributed by atoms with Crippen molar-refractivity contribution in [1.82, 2.24) is 4.90 Å². The van der Waals surface area contributed by atoms with Gasteiger partial charge < -0.3 is 16.4 Å². The Kier molecular flexibility index (Phi) is 4.98. The molecule has 0 saturated carbocycles. The predicted molar refractivity (Wildman–Crippen MR) is 86.8 cm³/mol. The van der Waals surface area contributed by atoms with Gasteiger partial charge in [0.05, 0.1) is 5.69 Å². The number of thiophene rings is 1. The molecule has 0 aliphatic heterocycles. The number of anilines is 1. The van der Waals surface area contributed by atoms with Gasteiger partial charge in [-0.1, -0.05) is 28.1 Å². The van der Waals surface area contributed by atoms with Crippen LogP contribution >= 0.6 is 27.3 Å². The van der Waals surface area contributed by atoms with Crippen LogP contribution in [0.4, 0.5) is 5.69 Å². The molecule has 7 heteroatoms. The zero-order valence-corrected chi connectivity index (χ0v) is 13.5. The molecule has 0 aliphatic carbocycles. The molecule has 5 nitrogen and oxygen atoms in total. The van der Waals surface area contributed by atoms with Crippen molar-refractivity contribution in [2.75, 3.05) is 12.3 Å². The van der Waals surface area contributed by atoms with Gasteiger partial charge in [0.1, 0.15) is 11.4 Å². The van der Waals surface area contributed by atoms with Crippen LogP contribution in [-0.2, 0) is 11.3 Å². The Balaban J connectivity index is 2.22. The molecule has 0 radical (unpaired) electrons. The number of benzene rings is 1. The fourth-order valence-electron chi connectivity index (χ4n) is 1.83. The lowest BCUT2D eigenvalue weighted by atomic mass is 10.2. The molecule has 0 saturated heterocycles. The lowest BCUT2D eigenvalue weighted by molar-refractivity contribution is -0.118. The molecule has 2 rings (SSSR count). The minimum absolute atomic E-state index is 0.147. The van der Waals surface area contributed by atoms with E-state index in [4.69, 9.17) is 11.5 Å². The third kappa shape index (κ3) is 4.05. The number of rotatable bonds is 5. The number of halogens is 1. The van der Waals surface area contributed by atoms with E-state index in [1.54, 1.807) is 11.4 Å². The SMILES string of the molecule is NC(=O)CN(Cc1ccc(Br)cc1)C(=O)c1sccc1N. The molecule has 110 valence electrons. The summed E-state index contributed by atoms with van der Waals surface area (Å²) in [7, 11) is 0. The van der Waals surface area contributed by atoms with Crippen molar-refractivity contribution < 1.29 is 9.59 Å². The first kappa shape index (κ1) is 15.5. The molecule has 0 bridgehead atoms. The van der Waals surface area contributed by atoms with E-state index in [0.717, 1.165) is 10.0 Å². The first-order chi connectivity index (χ1) is 9.97. The lowest BCUT2D eigenvalue weighted by Gasteiger charge is -2.21. The maximum absolute atomic E-state index is 12.5. The van der Waals surface area contributed by atoms with Gasteiger partial charge in [-0.15, -0.1) is 11.3 Å². The Labute approximate surface area is 134 Å². The molecule has 0 unspecified atom stereocenters. The van der Waals surface area contributed by atoms with Gasteiger partial charge in [0, 0.05) is 11.0 Å². The summed E-state index contributed by atoms with van der Waals surface area (Å²) in [5, 5.41) is 1.74. The molecule has 0 aliphatic rings. The van der Waals surface area contributed by atoms with Crippen LogP contribution in [0.3, 0.4) is 0 Å². The summed E-state index contributed by atoms with van der Waals surface area (Å²) in [5.41, 5.74) is 12.3. The molecule has 2 aromatic rings. The molecule has 2 amide bonds. The largest absolute Gasteiger partial charge is 0.397 e. The van der Waals surface area contributed by atoms with Gasteiger partial charge in [-0.3, -0.25) is 9.59 Å². The summed E-state index contributed by atoms with van der Waals surface area (Å²) < 4.78 is 0.946. The number of hydrogen-bond donors (Lipinski definition) is 2. The number of nitrogens with two attached hydrogens (primary N) is 2. The van der Waals surface area contributed by atoms with Crippen LogP contribution in [0.5, 0.6) is 0 Å². The van der Waals surface area contributed by atoms with Gasteiger partial charge in [0.25, 0.3) is 5.91 Å². The van der Waals surface area contributed by atoms with Crippen molar-refractivity contribution in [3.05, 3.63) is 50.6 Å². The average Bonchev–Trinajstić information content (AvgIpc) is 2.85. The van der Waals surface area contributed by atoms with Crippen LogP contribution in [-0.4, -0.2) is 23.3 Å². The average molecular weight is 368 g/mol. The van der Waals surface area contributed by atoms with E-state index in [9.17, 15) is 9.59 Å². The van der Waals surface area contributed by atoms with Gasteiger partial charge >= 0.3 is 0 Å². The van der Waals surface area contributed by atoms with Gasteiger partial charge in [-0.05, 0) is 29.1 Å². The summed E-state index contributed by atoms with van der Waals surface area (Å²) >= 11 is 4.60. The minimum atomic E-state index is -0.560. The van der Waals surface area contributed by atoms with Crippen molar-refractivity contribution in [2.45, 2.75) is 6.54 Å². The Bertz CT molecular complexity index is 654. The minimum Gasteiger partial charge on any atom is -0.397 e. The molecule has 4 N–H and O–H groups in total.